The Morgan fingerprint density at radius 1 is 1.03 bits per heavy atom. The minimum absolute atomic E-state index is 0.441. The van der Waals surface area contributed by atoms with E-state index in [4.69, 9.17) is 4.98 Å². The Morgan fingerprint density at radius 2 is 1.82 bits per heavy atom. The van der Waals surface area contributed by atoms with Crippen LogP contribution >= 0.6 is 0 Å². The first kappa shape index (κ1) is 23.5. The molecule has 33 heavy (non-hydrogen) atoms. The minimum atomic E-state index is 0.441. The van der Waals surface area contributed by atoms with Crippen LogP contribution in [0.1, 0.15) is 30.9 Å². The number of aliphatic imine (C=N–C) groups is 1. The number of aromatic nitrogens is 1. The lowest BCUT2D eigenvalue weighted by atomic mass is 9.97. The number of guanidine groups is 1. The molecular formula is C26H39N7. The van der Waals surface area contributed by atoms with Crippen LogP contribution in [-0.4, -0.2) is 79.6 Å². The number of likely N-dealkylation sites (N-methyl/N-ethyl adjacent to an activating group) is 1. The summed E-state index contributed by atoms with van der Waals surface area (Å²) in [6.07, 6.45) is 4.23. The summed E-state index contributed by atoms with van der Waals surface area (Å²) in [5.74, 6) is 1.94. The molecule has 7 heteroatoms. The van der Waals surface area contributed by atoms with Gasteiger partial charge in [-0.25, -0.2) is 4.98 Å². The van der Waals surface area contributed by atoms with Gasteiger partial charge in [0.1, 0.15) is 5.82 Å². The van der Waals surface area contributed by atoms with E-state index in [9.17, 15) is 0 Å². The molecule has 0 bridgehead atoms. The average Bonchev–Trinajstić information content (AvgIpc) is 2.85. The number of nitrogens with zero attached hydrogens (tertiary/aromatic N) is 5. The average molecular weight is 450 g/mol. The van der Waals surface area contributed by atoms with Gasteiger partial charge in [0.15, 0.2) is 5.96 Å². The van der Waals surface area contributed by atoms with Gasteiger partial charge < -0.3 is 20.4 Å². The lowest BCUT2D eigenvalue weighted by Gasteiger charge is -2.38. The van der Waals surface area contributed by atoms with Gasteiger partial charge in [-0.3, -0.25) is 9.89 Å². The van der Waals surface area contributed by atoms with Crippen molar-refractivity contribution >= 4 is 11.8 Å². The van der Waals surface area contributed by atoms with Crippen LogP contribution in [0.25, 0.3) is 0 Å². The summed E-state index contributed by atoms with van der Waals surface area (Å²) in [7, 11) is 4.02. The van der Waals surface area contributed by atoms with Gasteiger partial charge >= 0.3 is 0 Å². The summed E-state index contributed by atoms with van der Waals surface area (Å²) in [4.78, 5) is 16.5. The van der Waals surface area contributed by atoms with E-state index in [-0.39, 0.29) is 0 Å². The Morgan fingerprint density at radius 3 is 2.48 bits per heavy atom. The van der Waals surface area contributed by atoms with Crippen molar-refractivity contribution in [2.45, 2.75) is 44.9 Å². The molecule has 3 heterocycles. The lowest BCUT2D eigenvalue weighted by molar-refractivity contribution is 0.134. The maximum atomic E-state index is 4.70. The quantitative estimate of drug-likeness (QED) is 0.522. The minimum Gasteiger partial charge on any atom is -0.354 e. The van der Waals surface area contributed by atoms with Gasteiger partial charge in [0, 0.05) is 71.1 Å². The second-order valence-corrected chi connectivity index (χ2v) is 9.41. The summed E-state index contributed by atoms with van der Waals surface area (Å²) >= 11 is 0. The number of piperidine rings is 1. The Balaban J connectivity index is 1.22. The van der Waals surface area contributed by atoms with Crippen molar-refractivity contribution in [2.24, 2.45) is 4.99 Å². The van der Waals surface area contributed by atoms with Gasteiger partial charge in [-0.2, -0.15) is 0 Å². The van der Waals surface area contributed by atoms with Gasteiger partial charge in [-0.15, -0.1) is 0 Å². The topological polar surface area (TPSA) is 59.0 Å². The first-order valence-corrected chi connectivity index (χ1v) is 12.2. The van der Waals surface area contributed by atoms with Crippen molar-refractivity contribution in [3.8, 4) is 0 Å². The zero-order valence-corrected chi connectivity index (χ0v) is 20.4. The van der Waals surface area contributed by atoms with Crippen LogP contribution in [0.15, 0.2) is 53.7 Å². The van der Waals surface area contributed by atoms with Crippen LogP contribution in [0.3, 0.4) is 0 Å². The molecule has 2 unspecified atom stereocenters. The number of piperazine rings is 1. The molecule has 1 aromatic carbocycles. The number of pyridine rings is 1. The lowest BCUT2D eigenvalue weighted by Crippen LogP contribution is -2.51. The Hall–Kier alpha value is -2.64. The van der Waals surface area contributed by atoms with Crippen LogP contribution < -0.4 is 15.5 Å². The Labute approximate surface area is 198 Å². The van der Waals surface area contributed by atoms with Crippen LogP contribution in [0.5, 0.6) is 0 Å². The fourth-order valence-corrected chi connectivity index (χ4v) is 4.72. The first-order valence-electron chi connectivity index (χ1n) is 12.2. The third kappa shape index (κ3) is 6.68. The largest absolute Gasteiger partial charge is 0.354 e. The fourth-order valence-electron chi connectivity index (χ4n) is 4.72. The third-order valence-electron chi connectivity index (χ3n) is 6.90. The maximum Gasteiger partial charge on any atom is 0.191 e. The fraction of sp³-hybridized carbons (Fsp3) is 0.538. The Bertz CT molecular complexity index is 875. The van der Waals surface area contributed by atoms with Crippen LogP contribution in [0.4, 0.5) is 5.82 Å². The van der Waals surface area contributed by atoms with Gasteiger partial charge in [0.25, 0.3) is 0 Å². The summed E-state index contributed by atoms with van der Waals surface area (Å²) in [5, 5.41) is 7.11. The number of nitrogens with one attached hydrogen (secondary N) is 2. The number of anilines is 1. The van der Waals surface area contributed by atoms with Crippen molar-refractivity contribution in [3.05, 3.63) is 59.8 Å². The highest BCUT2D eigenvalue weighted by Gasteiger charge is 2.26. The van der Waals surface area contributed by atoms with Crippen LogP contribution in [0, 0.1) is 0 Å². The summed E-state index contributed by atoms with van der Waals surface area (Å²) in [6, 6.07) is 16.1. The first-order chi connectivity index (χ1) is 16.1. The molecule has 0 radical (unpaired) electrons. The summed E-state index contributed by atoms with van der Waals surface area (Å²) < 4.78 is 0. The molecule has 0 amide bonds. The van der Waals surface area contributed by atoms with Crippen molar-refractivity contribution in [3.63, 3.8) is 0 Å². The molecule has 2 aliphatic heterocycles. The molecule has 178 valence electrons. The molecule has 2 aromatic rings. The molecule has 2 saturated heterocycles. The molecular weight excluding hydrogens is 410 g/mol. The highest BCUT2D eigenvalue weighted by Crippen LogP contribution is 2.20. The monoisotopic (exact) mass is 449 g/mol. The van der Waals surface area contributed by atoms with Crippen LogP contribution in [0.2, 0.25) is 0 Å². The van der Waals surface area contributed by atoms with Gasteiger partial charge in [-0.1, -0.05) is 36.4 Å². The smallest absolute Gasteiger partial charge is 0.191 e. The second-order valence-electron chi connectivity index (χ2n) is 9.41. The molecule has 2 fully saturated rings. The van der Waals surface area contributed by atoms with E-state index in [1.165, 1.54) is 11.1 Å². The van der Waals surface area contributed by atoms with Crippen LogP contribution in [-0.2, 0) is 13.1 Å². The zero-order chi connectivity index (χ0) is 23.0. The van der Waals surface area contributed by atoms with Gasteiger partial charge in [0.2, 0.25) is 0 Å². The number of benzene rings is 1. The molecule has 2 atom stereocenters. The van der Waals surface area contributed by atoms with Crippen molar-refractivity contribution in [1.29, 1.82) is 0 Å². The van der Waals surface area contributed by atoms with E-state index < -0.39 is 0 Å². The van der Waals surface area contributed by atoms with Crippen molar-refractivity contribution in [2.75, 3.05) is 51.7 Å². The summed E-state index contributed by atoms with van der Waals surface area (Å²) in [6.45, 7) is 9.45. The normalized spacial score (nSPS) is 22.9. The molecule has 0 saturated carbocycles. The number of hydrogen-bond acceptors (Lipinski definition) is 5. The SMILES string of the molecule is CN=C(NCc1ccc(N2CCN(C)CC2)nc1)NC1CCN(Cc2ccccc2)C(C)C1. The molecule has 1 aromatic heterocycles. The molecule has 0 aliphatic carbocycles. The molecule has 2 aliphatic rings. The third-order valence-corrected chi connectivity index (χ3v) is 6.90. The molecule has 4 rings (SSSR count). The maximum absolute atomic E-state index is 4.70. The standard InChI is InChI=1S/C26H39N7/c1-21-17-24(11-12-33(21)20-22-7-5-4-6-8-22)30-26(27-2)29-19-23-9-10-25(28-18-23)32-15-13-31(3)14-16-32/h4-10,18,21,24H,11-17,19-20H2,1-3H3,(H2,27,29,30). The predicted octanol–water partition coefficient (Wildman–Crippen LogP) is 2.55. The number of rotatable bonds is 6. The van der Waals surface area contributed by atoms with Gasteiger partial charge in [0.05, 0.1) is 0 Å². The van der Waals surface area contributed by atoms with E-state index in [0.717, 1.165) is 70.4 Å². The second kappa shape index (κ2) is 11.5. The van der Waals surface area contributed by atoms with Crippen molar-refractivity contribution in [1.82, 2.24) is 25.4 Å². The summed E-state index contributed by atoms with van der Waals surface area (Å²) in [5.41, 5.74) is 2.56. The van der Waals surface area contributed by atoms with Crippen molar-refractivity contribution < 1.29 is 0 Å². The van der Waals surface area contributed by atoms with E-state index in [0.29, 0.717) is 12.1 Å². The molecule has 7 nitrogen and oxygen atoms in total. The highest BCUT2D eigenvalue weighted by atomic mass is 15.3. The van der Waals surface area contributed by atoms with E-state index in [2.05, 4.69) is 86.8 Å². The van der Waals surface area contributed by atoms with Gasteiger partial charge in [-0.05, 0) is 44.0 Å². The molecule has 2 N–H and O–H groups in total. The number of hydrogen-bond donors (Lipinski definition) is 2. The van der Waals surface area contributed by atoms with E-state index in [1.54, 1.807) is 0 Å². The van der Waals surface area contributed by atoms with E-state index in [1.807, 2.05) is 13.2 Å². The Kier molecular flexibility index (Phi) is 8.18. The number of likely N-dealkylation sites (tertiary alicyclic amines) is 1. The zero-order valence-electron chi connectivity index (χ0n) is 20.4. The predicted molar refractivity (Wildman–Crippen MR) is 137 cm³/mol. The highest BCUT2D eigenvalue weighted by molar-refractivity contribution is 5.80. The van der Waals surface area contributed by atoms with E-state index >= 15 is 0 Å². The molecule has 0 spiro atoms.